The molecule has 9 heteroatoms. The van der Waals surface area contributed by atoms with Crippen LogP contribution in [0.25, 0.3) is 0 Å². The van der Waals surface area contributed by atoms with E-state index >= 15 is 0 Å². The summed E-state index contributed by atoms with van der Waals surface area (Å²) < 4.78 is 31.3. The molecular weight excluding hydrogens is 370 g/mol. The Balaban J connectivity index is 1.84. The van der Waals surface area contributed by atoms with Gasteiger partial charge in [-0.25, -0.2) is 8.42 Å². The van der Waals surface area contributed by atoms with Crippen LogP contribution in [0.2, 0.25) is 0 Å². The van der Waals surface area contributed by atoms with Crippen LogP contribution < -0.4 is 4.72 Å². The van der Waals surface area contributed by atoms with Crippen molar-refractivity contribution in [3.63, 3.8) is 0 Å². The molecule has 0 aromatic heterocycles. The molecule has 1 N–H and O–H groups in total. The second-order valence-electron chi connectivity index (χ2n) is 6.55. The van der Waals surface area contributed by atoms with Gasteiger partial charge in [0.2, 0.25) is 10.0 Å². The lowest BCUT2D eigenvalue weighted by Crippen LogP contribution is -2.49. The zero-order chi connectivity index (χ0) is 20.0. The van der Waals surface area contributed by atoms with Crippen molar-refractivity contribution in [1.29, 1.82) is 5.26 Å². The number of carbonyl (C=O) groups is 2. The van der Waals surface area contributed by atoms with E-state index in [1.165, 1.54) is 24.3 Å². The number of piperidine rings is 1. The smallest absolute Gasteiger partial charge is 0.321 e. The summed E-state index contributed by atoms with van der Waals surface area (Å²) in [5.41, 5.74) is 0.327. The molecule has 1 aliphatic heterocycles. The van der Waals surface area contributed by atoms with E-state index in [1.54, 1.807) is 4.90 Å². The first-order valence-electron chi connectivity index (χ1n) is 8.71. The summed E-state index contributed by atoms with van der Waals surface area (Å²) in [6, 6.07) is 7.36. The minimum absolute atomic E-state index is 0.0682. The lowest BCUT2D eigenvalue weighted by atomic mass is 9.97. The molecule has 2 rings (SSSR count). The minimum Gasteiger partial charge on any atom is -0.455 e. The molecule has 1 aromatic rings. The van der Waals surface area contributed by atoms with E-state index in [9.17, 15) is 18.0 Å². The van der Waals surface area contributed by atoms with Crippen molar-refractivity contribution in [3.8, 4) is 6.07 Å². The SMILES string of the molecule is C[C@@H]1CCC[C@@H](C)N1C(=O)COC(=O)CNS(=O)(=O)c1ccc(C#N)cc1. The summed E-state index contributed by atoms with van der Waals surface area (Å²) in [6.07, 6.45) is 2.88. The van der Waals surface area contributed by atoms with Gasteiger partial charge in [-0.15, -0.1) is 0 Å². The average Bonchev–Trinajstić information content (AvgIpc) is 2.64. The van der Waals surface area contributed by atoms with Crippen LogP contribution in [0.15, 0.2) is 29.2 Å². The van der Waals surface area contributed by atoms with Crippen molar-refractivity contribution in [3.05, 3.63) is 29.8 Å². The maximum atomic E-state index is 12.3. The summed E-state index contributed by atoms with van der Waals surface area (Å²) in [5.74, 6) is -1.11. The molecule has 1 aliphatic rings. The van der Waals surface area contributed by atoms with Gasteiger partial charge in [-0.1, -0.05) is 0 Å². The highest BCUT2D eigenvalue weighted by Gasteiger charge is 2.29. The Bertz CT molecular complexity index is 820. The zero-order valence-electron chi connectivity index (χ0n) is 15.3. The summed E-state index contributed by atoms with van der Waals surface area (Å²) >= 11 is 0. The molecule has 0 unspecified atom stereocenters. The van der Waals surface area contributed by atoms with Gasteiger partial charge in [-0.2, -0.15) is 9.98 Å². The van der Waals surface area contributed by atoms with Crippen LogP contribution in [0.4, 0.5) is 0 Å². The quantitative estimate of drug-likeness (QED) is 0.725. The highest BCUT2D eigenvalue weighted by Crippen LogP contribution is 2.22. The monoisotopic (exact) mass is 393 g/mol. The highest BCUT2D eigenvalue weighted by atomic mass is 32.2. The van der Waals surface area contributed by atoms with Gasteiger partial charge in [0.1, 0.15) is 6.54 Å². The van der Waals surface area contributed by atoms with Crippen LogP contribution in [0.5, 0.6) is 0 Å². The van der Waals surface area contributed by atoms with Crippen molar-refractivity contribution >= 4 is 21.9 Å². The minimum atomic E-state index is -3.91. The average molecular weight is 393 g/mol. The van der Waals surface area contributed by atoms with E-state index in [4.69, 9.17) is 10.00 Å². The fourth-order valence-electron chi connectivity index (χ4n) is 3.13. The van der Waals surface area contributed by atoms with Gasteiger partial charge in [0.25, 0.3) is 5.91 Å². The van der Waals surface area contributed by atoms with Crippen LogP contribution in [-0.2, 0) is 24.3 Å². The third kappa shape index (κ3) is 5.52. The van der Waals surface area contributed by atoms with E-state index in [0.717, 1.165) is 19.3 Å². The molecule has 1 amide bonds. The standard InChI is InChI=1S/C18H23N3O5S/c1-13-4-3-5-14(2)21(13)17(22)12-26-18(23)11-20-27(24,25)16-8-6-15(10-19)7-9-16/h6-9,13-14,20H,3-5,11-12H2,1-2H3/t13-,14-/m1/s1. The molecule has 27 heavy (non-hydrogen) atoms. The number of hydrogen-bond acceptors (Lipinski definition) is 6. The number of ether oxygens (including phenoxy) is 1. The van der Waals surface area contributed by atoms with E-state index in [2.05, 4.69) is 4.72 Å². The zero-order valence-corrected chi connectivity index (χ0v) is 16.2. The van der Waals surface area contributed by atoms with Crippen molar-refractivity contribution < 1.29 is 22.7 Å². The van der Waals surface area contributed by atoms with E-state index in [-0.39, 0.29) is 22.9 Å². The molecule has 0 radical (unpaired) electrons. The normalized spacial score (nSPS) is 20.0. The number of likely N-dealkylation sites (tertiary alicyclic amines) is 1. The molecule has 8 nitrogen and oxygen atoms in total. The number of sulfonamides is 1. The Morgan fingerprint density at radius 1 is 1.22 bits per heavy atom. The van der Waals surface area contributed by atoms with E-state index in [0.29, 0.717) is 5.56 Å². The fraction of sp³-hybridized carbons (Fsp3) is 0.500. The Morgan fingerprint density at radius 3 is 2.37 bits per heavy atom. The topological polar surface area (TPSA) is 117 Å². The molecule has 1 fully saturated rings. The van der Waals surface area contributed by atoms with Crippen molar-refractivity contribution in [2.75, 3.05) is 13.2 Å². The maximum Gasteiger partial charge on any atom is 0.321 e. The first-order valence-corrected chi connectivity index (χ1v) is 10.2. The molecule has 0 aliphatic carbocycles. The molecule has 1 heterocycles. The van der Waals surface area contributed by atoms with Gasteiger partial charge >= 0.3 is 5.97 Å². The van der Waals surface area contributed by atoms with Crippen LogP contribution in [0, 0.1) is 11.3 Å². The van der Waals surface area contributed by atoms with Gasteiger partial charge in [0.15, 0.2) is 6.61 Å². The number of nitriles is 1. The predicted octanol–water partition coefficient (Wildman–Crippen LogP) is 1.17. The third-order valence-electron chi connectivity index (χ3n) is 4.54. The van der Waals surface area contributed by atoms with Crippen molar-refractivity contribution in [2.24, 2.45) is 0 Å². The molecular formula is C18H23N3O5S. The van der Waals surface area contributed by atoms with Crippen LogP contribution in [0.3, 0.4) is 0 Å². The Morgan fingerprint density at radius 2 is 1.81 bits per heavy atom. The first-order chi connectivity index (χ1) is 12.7. The lowest BCUT2D eigenvalue weighted by Gasteiger charge is -2.38. The third-order valence-corrected chi connectivity index (χ3v) is 5.96. The number of amides is 1. The molecule has 0 spiro atoms. The highest BCUT2D eigenvalue weighted by molar-refractivity contribution is 7.89. The first kappa shape index (κ1) is 20.9. The second-order valence-corrected chi connectivity index (χ2v) is 8.32. The number of carbonyl (C=O) groups excluding carboxylic acids is 2. The van der Waals surface area contributed by atoms with Gasteiger partial charge in [-0.05, 0) is 57.4 Å². The molecule has 0 bridgehead atoms. The Labute approximate surface area is 159 Å². The summed E-state index contributed by atoms with van der Waals surface area (Å²) in [6.45, 7) is 2.93. The largest absolute Gasteiger partial charge is 0.455 e. The Hall–Kier alpha value is -2.44. The summed E-state index contributed by atoms with van der Waals surface area (Å²) in [5, 5.41) is 8.73. The van der Waals surface area contributed by atoms with Crippen molar-refractivity contribution in [2.45, 2.75) is 50.1 Å². The van der Waals surface area contributed by atoms with Crippen LogP contribution in [-0.4, -0.2) is 50.4 Å². The molecule has 2 atom stereocenters. The van der Waals surface area contributed by atoms with Gasteiger partial charge < -0.3 is 9.64 Å². The predicted molar refractivity (Wildman–Crippen MR) is 96.9 cm³/mol. The maximum absolute atomic E-state index is 12.3. The van der Waals surface area contributed by atoms with Gasteiger partial charge in [0, 0.05) is 12.1 Å². The van der Waals surface area contributed by atoms with Crippen LogP contribution in [0.1, 0.15) is 38.7 Å². The molecule has 1 aromatic carbocycles. The molecule has 1 saturated heterocycles. The number of nitrogens with zero attached hydrogens (tertiary/aromatic N) is 2. The number of benzene rings is 1. The van der Waals surface area contributed by atoms with Gasteiger partial charge in [-0.3, -0.25) is 9.59 Å². The fourth-order valence-corrected chi connectivity index (χ4v) is 4.10. The van der Waals surface area contributed by atoms with Gasteiger partial charge in [0.05, 0.1) is 16.5 Å². The number of rotatable bonds is 6. The van der Waals surface area contributed by atoms with E-state index in [1.807, 2.05) is 19.9 Å². The van der Waals surface area contributed by atoms with Crippen molar-refractivity contribution in [1.82, 2.24) is 9.62 Å². The lowest BCUT2D eigenvalue weighted by molar-refractivity contribution is -0.154. The number of esters is 1. The second kappa shape index (κ2) is 8.97. The molecule has 146 valence electrons. The Kier molecular flexibility index (Phi) is 6.93. The summed E-state index contributed by atoms with van der Waals surface area (Å²) in [7, 11) is -3.91. The number of nitrogens with one attached hydrogen (secondary N) is 1. The van der Waals surface area contributed by atoms with Crippen LogP contribution >= 0.6 is 0 Å². The number of hydrogen-bond donors (Lipinski definition) is 1. The van der Waals surface area contributed by atoms with E-state index < -0.39 is 29.1 Å². The molecule has 0 saturated carbocycles. The summed E-state index contributed by atoms with van der Waals surface area (Å²) in [4.78, 5) is 25.8.